The van der Waals surface area contributed by atoms with E-state index < -0.39 is 39.9 Å². The van der Waals surface area contributed by atoms with Crippen molar-refractivity contribution in [2.24, 2.45) is 11.3 Å². The Morgan fingerprint density at radius 3 is 2.22 bits per heavy atom. The van der Waals surface area contributed by atoms with E-state index in [1.54, 1.807) is 0 Å². The number of amides is 1. The zero-order chi connectivity index (χ0) is 24.9. The van der Waals surface area contributed by atoms with Gasteiger partial charge in [-0.1, -0.05) is 27.7 Å². The quantitative estimate of drug-likeness (QED) is 0.167. The monoisotopic (exact) mass is 483 g/mol. The molecule has 0 aromatic heterocycles. The zero-order valence-electron chi connectivity index (χ0n) is 19.5. The second-order valence-corrected chi connectivity index (χ2v) is 10.3. The summed E-state index contributed by atoms with van der Waals surface area (Å²) in [4.78, 5) is 33.6. The number of nitrogens with one attached hydrogen (secondary N) is 1. The summed E-state index contributed by atoms with van der Waals surface area (Å²) in [6, 6.07) is 0. The Labute approximate surface area is 189 Å². The van der Waals surface area contributed by atoms with Crippen LogP contribution in [0.4, 0.5) is 4.79 Å². The van der Waals surface area contributed by atoms with E-state index in [0.29, 0.717) is 12.8 Å². The van der Waals surface area contributed by atoms with Crippen LogP contribution in [0.15, 0.2) is 0 Å². The maximum absolute atomic E-state index is 12.4. The molecule has 12 heteroatoms. The van der Waals surface area contributed by atoms with Gasteiger partial charge in [0, 0.05) is 18.9 Å². The van der Waals surface area contributed by atoms with Gasteiger partial charge in [-0.05, 0) is 31.6 Å². The first kappa shape index (κ1) is 30.1. The highest BCUT2D eigenvalue weighted by atomic mass is 32.2. The maximum atomic E-state index is 12.4. The van der Waals surface area contributed by atoms with Gasteiger partial charge in [-0.25, -0.2) is 9.59 Å². The fourth-order valence-corrected chi connectivity index (χ4v) is 3.93. The molecule has 3 N–H and O–H groups in total. The molecule has 0 heterocycles. The van der Waals surface area contributed by atoms with E-state index in [9.17, 15) is 33.0 Å². The van der Waals surface area contributed by atoms with Gasteiger partial charge in [0.25, 0.3) is 10.1 Å². The predicted molar refractivity (Wildman–Crippen MR) is 115 cm³/mol. The summed E-state index contributed by atoms with van der Waals surface area (Å²) in [5, 5.41) is 21.7. The molecule has 0 aromatic rings. The largest absolute Gasteiger partial charge is 0.508 e. The SMILES string of the molecule is CC(=O)NCCCS(=O)(=O)OC(CCCCOC(=O)OCC(C)C)C(C)(C)[C@@H](O)C(=O)O. The van der Waals surface area contributed by atoms with Crippen molar-refractivity contribution < 1.29 is 46.7 Å². The molecule has 2 atom stereocenters. The molecule has 0 aliphatic rings. The van der Waals surface area contributed by atoms with Crippen LogP contribution in [-0.2, 0) is 33.4 Å². The van der Waals surface area contributed by atoms with Gasteiger partial charge in [-0.15, -0.1) is 0 Å². The summed E-state index contributed by atoms with van der Waals surface area (Å²) >= 11 is 0. The summed E-state index contributed by atoms with van der Waals surface area (Å²) in [6.45, 7) is 8.30. The highest BCUT2D eigenvalue weighted by molar-refractivity contribution is 7.86. The molecule has 1 unspecified atom stereocenters. The van der Waals surface area contributed by atoms with Crippen molar-refractivity contribution in [3.8, 4) is 0 Å². The fourth-order valence-electron chi connectivity index (χ4n) is 2.64. The number of carbonyl (C=O) groups is 3. The van der Waals surface area contributed by atoms with Crippen molar-refractivity contribution in [2.45, 2.75) is 72.5 Å². The highest BCUT2D eigenvalue weighted by Crippen LogP contribution is 2.33. The molecule has 0 saturated carbocycles. The smallest absolute Gasteiger partial charge is 0.479 e. The first-order valence-electron chi connectivity index (χ1n) is 10.5. The van der Waals surface area contributed by atoms with Gasteiger partial charge in [0.05, 0.1) is 25.1 Å². The number of unbranched alkanes of at least 4 members (excludes halogenated alkanes) is 1. The lowest BCUT2D eigenvalue weighted by molar-refractivity contribution is -0.158. The molecule has 0 bridgehead atoms. The Morgan fingerprint density at radius 2 is 1.69 bits per heavy atom. The van der Waals surface area contributed by atoms with Gasteiger partial charge in [0.1, 0.15) is 0 Å². The van der Waals surface area contributed by atoms with Gasteiger partial charge < -0.3 is 25.0 Å². The van der Waals surface area contributed by atoms with E-state index >= 15 is 0 Å². The normalized spacial score (nSPS) is 14.0. The number of hydrogen-bond acceptors (Lipinski definition) is 9. The molecule has 0 aliphatic carbocycles. The Bertz CT molecular complexity index is 705. The average molecular weight is 484 g/mol. The van der Waals surface area contributed by atoms with Crippen molar-refractivity contribution in [1.29, 1.82) is 0 Å². The van der Waals surface area contributed by atoms with Crippen molar-refractivity contribution in [3.63, 3.8) is 0 Å². The van der Waals surface area contributed by atoms with Gasteiger partial charge in [-0.3, -0.25) is 8.98 Å². The van der Waals surface area contributed by atoms with Crippen molar-refractivity contribution in [3.05, 3.63) is 0 Å². The number of aliphatic hydroxyl groups excluding tert-OH is 1. The summed E-state index contributed by atoms with van der Waals surface area (Å²) in [5.74, 6) is -2.00. The maximum Gasteiger partial charge on any atom is 0.508 e. The summed E-state index contributed by atoms with van der Waals surface area (Å²) < 4.78 is 39.9. The minimum Gasteiger partial charge on any atom is -0.479 e. The molecule has 0 spiro atoms. The van der Waals surface area contributed by atoms with Crippen LogP contribution >= 0.6 is 0 Å². The Kier molecular flexibility index (Phi) is 13.4. The molecule has 0 saturated heterocycles. The van der Waals surface area contributed by atoms with E-state index in [1.165, 1.54) is 20.8 Å². The van der Waals surface area contributed by atoms with Crippen LogP contribution in [0.25, 0.3) is 0 Å². The Hall–Kier alpha value is -1.92. The van der Waals surface area contributed by atoms with E-state index in [1.807, 2.05) is 13.8 Å². The molecule has 0 radical (unpaired) electrons. The van der Waals surface area contributed by atoms with Gasteiger partial charge >= 0.3 is 12.1 Å². The lowest BCUT2D eigenvalue weighted by Gasteiger charge is -2.35. The molecule has 0 rings (SSSR count). The number of rotatable bonds is 16. The van der Waals surface area contributed by atoms with Crippen LogP contribution in [-0.4, -0.2) is 74.4 Å². The first-order chi connectivity index (χ1) is 14.7. The van der Waals surface area contributed by atoms with Crippen LogP contribution in [0.3, 0.4) is 0 Å². The fraction of sp³-hybridized carbons (Fsp3) is 0.850. The third-order valence-corrected chi connectivity index (χ3v) is 5.91. The second kappa shape index (κ2) is 14.3. The predicted octanol–water partition coefficient (Wildman–Crippen LogP) is 1.68. The number of carboxylic acid groups (broad SMARTS) is 1. The van der Waals surface area contributed by atoms with E-state index in [0.717, 1.165) is 0 Å². The molecule has 32 heavy (non-hydrogen) atoms. The highest BCUT2D eigenvalue weighted by Gasteiger charge is 2.43. The molecule has 0 aliphatic heterocycles. The molecule has 188 valence electrons. The third-order valence-electron chi connectivity index (χ3n) is 4.59. The lowest BCUT2D eigenvalue weighted by atomic mass is 9.78. The van der Waals surface area contributed by atoms with Crippen LogP contribution in [0.2, 0.25) is 0 Å². The minimum atomic E-state index is -4.05. The Balaban J connectivity index is 4.91. The van der Waals surface area contributed by atoms with Crippen LogP contribution in [0.1, 0.15) is 60.3 Å². The van der Waals surface area contributed by atoms with E-state index in [-0.39, 0.29) is 50.2 Å². The van der Waals surface area contributed by atoms with Crippen LogP contribution < -0.4 is 5.32 Å². The third kappa shape index (κ3) is 12.8. The van der Waals surface area contributed by atoms with Gasteiger partial charge in [0.15, 0.2) is 6.10 Å². The molecular weight excluding hydrogens is 446 g/mol. The van der Waals surface area contributed by atoms with Crippen molar-refractivity contribution >= 4 is 28.1 Å². The minimum absolute atomic E-state index is 0.0367. The number of aliphatic carboxylic acids is 1. The van der Waals surface area contributed by atoms with Gasteiger partial charge in [0.2, 0.25) is 5.91 Å². The molecule has 0 aromatic carbocycles. The second-order valence-electron chi connectivity index (χ2n) is 8.54. The Morgan fingerprint density at radius 1 is 1.06 bits per heavy atom. The lowest BCUT2D eigenvalue weighted by Crippen LogP contribution is -2.47. The number of carbonyl (C=O) groups excluding carboxylic acids is 2. The standard InChI is InChI=1S/C20H37NO10S/c1-14(2)13-30-19(26)29-11-7-6-9-16(20(4,5)17(23)18(24)25)31-32(27,28)12-8-10-21-15(3)22/h14,16-17,23H,6-13H2,1-5H3,(H,21,22)(H,24,25)/t16?,17-/m0/s1. The molecule has 1 amide bonds. The number of hydrogen-bond donors (Lipinski definition) is 3. The van der Waals surface area contributed by atoms with Crippen LogP contribution in [0, 0.1) is 11.3 Å². The van der Waals surface area contributed by atoms with Crippen LogP contribution in [0.5, 0.6) is 0 Å². The van der Waals surface area contributed by atoms with E-state index in [2.05, 4.69) is 5.32 Å². The molecule has 0 fully saturated rings. The number of carboxylic acids is 1. The van der Waals surface area contributed by atoms with Crippen molar-refractivity contribution in [1.82, 2.24) is 5.32 Å². The van der Waals surface area contributed by atoms with E-state index in [4.69, 9.17) is 13.7 Å². The first-order valence-corrected chi connectivity index (χ1v) is 12.1. The average Bonchev–Trinajstić information content (AvgIpc) is 2.67. The van der Waals surface area contributed by atoms with Crippen molar-refractivity contribution in [2.75, 3.05) is 25.5 Å². The summed E-state index contributed by atoms with van der Waals surface area (Å²) in [5.41, 5.74) is -1.42. The number of ether oxygens (including phenoxy) is 2. The number of aliphatic hydroxyl groups is 1. The summed E-state index contributed by atoms with van der Waals surface area (Å²) in [7, 11) is -4.05. The summed E-state index contributed by atoms with van der Waals surface area (Å²) in [6.07, 6.45) is -2.86. The van der Waals surface area contributed by atoms with Gasteiger partial charge in [-0.2, -0.15) is 8.42 Å². The zero-order valence-corrected chi connectivity index (χ0v) is 20.3. The molecule has 11 nitrogen and oxygen atoms in total. The topological polar surface area (TPSA) is 166 Å². The molecular formula is C20H37NO10S.